The summed E-state index contributed by atoms with van der Waals surface area (Å²) < 4.78 is 1.10. The van der Waals surface area contributed by atoms with Crippen LogP contribution in [0.2, 0.25) is 5.02 Å². The van der Waals surface area contributed by atoms with Crippen LogP contribution in [0.5, 0.6) is 0 Å². The molecule has 2 unspecified atom stereocenters. The fraction of sp³-hybridized carbons (Fsp3) is 0.412. The summed E-state index contributed by atoms with van der Waals surface area (Å²) in [5, 5.41) is 12.9. The lowest BCUT2D eigenvalue weighted by Crippen LogP contribution is -2.47. The molecule has 0 saturated carbocycles. The number of piperidine rings is 1. The molecular formula is C17H18ClNO3S. The number of nitrogens with zero attached hydrogens (tertiary/aromatic N) is 1. The summed E-state index contributed by atoms with van der Waals surface area (Å²) in [4.78, 5) is 25.6. The molecule has 1 amide bonds. The number of carboxylic acids is 1. The van der Waals surface area contributed by atoms with Gasteiger partial charge in [0.25, 0.3) is 0 Å². The maximum absolute atomic E-state index is 12.7. The maximum atomic E-state index is 12.7. The number of likely N-dealkylation sites (tertiary alicyclic amines) is 1. The summed E-state index contributed by atoms with van der Waals surface area (Å²) in [6.45, 7) is 2.29. The van der Waals surface area contributed by atoms with E-state index in [1.807, 2.05) is 30.5 Å². The Hall–Kier alpha value is -1.59. The summed E-state index contributed by atoms with van der Waals surface area (Å²) in [6, 6.07) is 5.78. The van der Waals surface area contributed by atoms with Crippen molar-refractivity contribution in [1.29, 1.82) is 0 Å². The predicted molar refractivity (Wildman–Crippen MR) is 92.1 cm³/mol. The number of benzene rings is 1. The maximum Gasteiger partial charge on any atom is 0.308 e. The van der Waals surface area contributed by atoms with Gasteiger partial charge in [0.1, 0.15) is 0 Å². The second kappa shape index (κ2) is 6.49. The average Bonchev–Trinajstić information content (AvgIpc) is 2.89. The van der Waals surface area contributed by atoms with E-state index in [0.717, 1.165) is 22.1 Å². The van der Waals surface area contributed by atoms with Gasteiger partial charge in [-0.05, 0) is 54.3 Å². The van der Waals surface area contributed by atoms with Gasteiger partial charge in [0.15, 0.2) is 0 Å². The van der Waals surface area contributed by atoms with Gasteiger partial charge >= 0.3 is 5.97 Å². The van der Waals surface area contributed by atoms with Crippen LogP contribution in [-0.4, -0.2) is 34.5 Å². The smallest absolute Gasteiger partial charge is 0.308 e. The van der Waals surface area contributed by atoms with Crippen LogP contribution in [-0.2, 0) is 16.0 Å². The van der Waals surface area contributed by atoms with Crippen LogP contribution in [0.1, 0.15) is 25.3 Å². The average molecular weight is 352 g/mol. The van der Waals surface area contributed by atoms with Crippen molar-refractivity contribution in [2.45, 2.75) is 32.2 Å². The number of halogens is 1. The quantitative estimate of drug-likeness (QED) is 0.914. The number of fused-ring (bicyclic) bond motifs is 1. The third-order valence-electron chi connectivity index (χ3n) is 4.51. The highest BCUT2D eigenvalue weighted by atomic mass is 35.5. The van der Waals surface area contributed by atoms with E-state index in [0.29, 0.717) is 18.0 Å². The minimum atomic E-state index is -0.817. The van der Waals surface area contributed by atoms with E-state index in [9.17, 15) is 14.7 Å². The van der Waals surface area contributed by atoms with Crippen molar-refractivity contribution in [2.24, 2.45) is 5.92 Å². The standard InChI is InChI=1S/C17H18ClNO3S/c1-10-2-3-11(17(21)22)8-19(10)16(20)6-12-9-23-15-5-4-13(18)7-14(12)15/h4-5,7,9-11H,2-3,6,8H2,1H3,(H,21,22). The van der Waals surface area contributed by atoms with Crippen LogP contribution in [0.3, 0.4) is 0 Å². The van der Waals surface area contributed by atoms with E-state index in [1.165, 1.54) is 0 Å². The number of carboxylic acid groups (broad SMARTS) is 1. The van der Waals surface area contributed by atoms with Gasteiger partial charge in [-0.1, -0.05) is 11.6 Å². The zero-order valence-corrected chi connectivity index (χ0v) is 14.4. The molecule has 0 radical (unpaired) electrons. The van der Waals surface area contributed by atoms with Gasteiger partial charge in [0.2, 0.25) is 5.91 Å². The van der Waals surface area contributed by atoms with E-state index in [1.54, 1.807) is 16.2 Å². The first-order valence-electron chi connectivity index (χ1n) is 7.63. The largest absolute Gasteiger partial charge is 0.481 e. The molecule has 4 nitrogen and oxygen atoms in total. The van der Waals surface area contributed by atoms with Gasteiger partial charge in [-0.2, -0.15) is 0 Å². The molecule has 23 heavy (non-hydrogen) atoms. The van der Waals surface area contributed by atoms with Crippen LogP contribution < -0.4 is 0 Å². The van der Waals surface area contributed by atoms with Gasteiger partial charge in [-0.25, -0.2) is 0 Å². The second-order valence-corrected chi connectivity index (χ2v) is 7.43. The molecule has 0 aliphatic carbocycles. The fourth-order valence-corrected chi connectivity index (χ4v) is 4.23. The third-order valence-corrected chi connectivity index (χ3v) is 5.76. The minimum Gasteiger partial charge on any atom is -0.481 e. The van der Waals surface area contributed by atoms with Gasteiger partial charge in [0.05, 0.1) is 12.3 Å². The van der Waals surface area contributed by atoms with E-state index < -0.39 is 11.9 Å². The summed E-state index contributed by atoms with van der Waals surface area (Å²) >= 11 is 7.65. The molecular weight excluding hydrogens is 334 g/mol. The van der Waals surface area contributed by atoms with Gasteiger partial charge < -0.3 is 10.0 Å². The molecule has 1 fully saturated rings. The Morgan fingerprint density at radius 3 is 2.91 bits per heavy atom. The second-order valence-electron chi connectivity index (χ2n) is 6.09. The molecule has 2 heterocycles. The summed E-state index contributed by atoms with van der Waals surface area (Å²) in [5.74, 6) is -1.28. The van der Waals surface area contributed by atoms with Crippen molar-refractivity contribution in [3.05, 3.63) is 34.2 Å². The highest BCUT2D eigenvalue weighted by Crippen LogP contribution is 2.30. The molecule has 122 valence electrons. The van der Waals surface area contributed by atoms with Crippen molar-refractivity contribution in [3.8, 4) is 0 Å². The monoisotopic (exact) mass is 351 g/mol. The predicted octanol–water partition coefficient (Wildman–Crippen LogP) is 3.81. The number of amides is 1. The first-order chi connectivity index (χ1) is 11.0. The molecule has 1 aliphatic rings. The number of carbonyl (C=O) groups is 2. The lowest BCUT2D eigenvalue weighted by atomic mass is 9.93. The van der Waals surface area contributed by atoms with Gasteiger partial charge in [-0.3, -0.25) is 9.59 Å². The number of hydrogen-bond acceptors (Lipinski definition) is 3. The van der Waals surface area contributed by atoms with Crippen LogP contribution in [0.25, 0.3) is 10.1 Å². The SMILES string of the molecule is CC1CCC(C(=O)O)CN1C(=O)Cc1csc2ccc(Cl)cc12. The first-order valence-corrected chi connectivity index (χ1v) is 8.89. The van der Waals surface area contributed by atoms with Crippen molar-refractivity contribution in [1.82, 2.24) is 4.90 Å². The Balaban J connectivity index is 1.79. The summed E-state index contributed by atoms with van der Waals surface area (Å²) in [6.07, 6.45) is 1.66. The fourth-order valence-electron chi connectivity index (χ4n) is 3.11. The first kappa shape index (κ1) is 16.3. The lowest BCUT2D eigenvalue weighted by Gasteiger charge is -2.36. The minimum absolute atomic E-state index is 0.0110. The van der Waals surface area contributed by atoms with Crippen molar-refractivity contribution in [2.75, 3.05) is 6.54 Å². The molecule has 1 N–H and O–H groups in total. The number of rotatable bonds is 3. The molecule has 2 aromatic rings. The van der Waals surface area contributed by atoms with Gasteiger partial charge in [-0.15, -0.1) is 11.3 Å². The Morgan fingerprint density at radius 1 is 1.39 bits per heavy atom. The molecule has 6 heteroatoms. The van der Waals surface area contributed by atoms with Crippen LogP contribution in [0.4, 0.5) is 0 Å². The number of carbonyl (C=O) groups excluding carboxylic acids is 1. The zero-order chi connectivity index (χ0) is 16.6. The van der Waals surface area contributed by atoms with Gasteiger partial charge in [0, 0.05) is 22.3 Å². The molecule has 0 spiro atoms. The molecule has 1 aromatic heterocycles. The van der Waals surface area contributed by atoms with Crippen molar-refractivity contribution >= 4 is 44.9 Å². The number of thiophene rings is 1. The van der Waals surface area contributed by atoms with E-state index in [2.05, 4.69) is 0 Å². The molecule has 1 aliphatic heterocycles. The Labute approximate surface area is 143 Å². The highest BCUT2D eigenvalue weighted by Gasteiger charge is 2.32. The lowest BCUT2D eigenvalue weighted by molar-refractivity contribution is -0.146. The van der Waals surface area contributed by atoms with E-state index in [4.69, 9.17) is 11.6 Å². The summed E-state index contributed by atoms with van der Waals surface area (Å²) in [7, 11) is 0. The van der Waals surface area contributed by atoms with Crippen LogP contribution in [0, 0.1) is 5.92 Å². The molecule has 2 atom stereocenters. The molecule has 0 bridgehead atoms. The Bertz CT molecular complexity index is 757. The molecule has 1 saturated heterocycles. The van der Waals surface area contributed by atoms with Crippen LogP contribution >= 0.6 is 22.9 Å². The highest BCUT2D eigenvalue weighted by molar-refractivity contribution is 7.17. The zero-order valence-electron chi connectivity index (χ0n) is 12.8. The third kappa shape index (κ3) is 3.35. The molecule has 3 rings (SSSR count). The summed E-state index contributed by atoms with van der Waals surface area (Å²) in [5.41, 5.74) is 0.960. The van der Waals surface area contributed by atoms with Crippen molar-refractivity contribution in [3.63, 3.8) is 0 Å². The molecule has 1 aromatic carbocycles. The van der Waals surface area contributed by atoms with E-state index >= 15 is 0 Å². The Morgan fingerprint density at radius 2 is 2.17 bits per heavy atom. The van der Waals surface area contributed by atoms with Crippen LogP contribution in [0.15, 0.2) is 23.6 Å². The number of hydrogen-bond donors (Lipinski definition) is 1. The topological polar surface area (TPSA) is 57.6 Å². The van der Waals surface area contributed by atoms with Crippen molar-refractivity contribution < 1.29 is 14.7 Å². The number of aliphatic carboxylic acids is 1. The Kier molecular flexibility index (Phi) is 4.60. The van der Waals surface area contributed by atoms with E-state index in [-0.39, 0.29) is 18.4 Å². The normalized spacial score (nSPS) is 21.6.